The second kappa shape index (κ2) is 5.88. The monoisotopic (exact) mass is 351 g/mol. The molecule has 9 heteroatoms. The number of nitrogens with two attached hydrogens (primary N) is 1. The normalized spacial score (nSPS) is 25.4. The number of ether oxygens (including phenoxy) is 1. The molecule has 1 aromatic carbocycles. The average Bonchev–Trinajstić information content (AvgIpc) is 2.97. The van der Waals surface area contributed by atoms with Crippen molar-refractivity contribution < 1.29 is 17.9 Å². The van der Waals surface area contributed by atoms with Crippen LogP contribution in [0.3, 0.4) is 0 Å². The van der Waals surface area contributed by atoms with Crippen LogP contribution in [0, 0.1) is 17.2 Å². The van der Waals surface area contributed by atoms with Gasteiger partial charge in [0.25, 0.3) is 0 Å². The van der Waals surface area contributed by atoms with Gasteiger partial charge in [-0.2, -0.15) is 23.5 Å². The third-order valence-corrected chi connectivity index (χ3v) is 4.32. The van der Waals surface area contributed by atoms with Crippen molar-refractivity contribution in [3.8, 4) is 6.07 Å². The van der Waals surface area contributed by atoms with Crippen LogP contribution in [-0.4, -0.2) is 32.2 Å². The van der Waals surface area contributed by atoms with Crippen LogP contribution in [-0.2, 0) is 4.74 Å². The molecule has 1 aromatic rings. The Morgan fingerprint density at radius 1 is 1.28 bits per heavy atom. The molecule has 0 unspecified atom stereocenters. The molecule has 0 saturated carbocycles. The topological polar surface area (TPSA) is 86.7 Å². The van der Waals surface area contributed by atoms with Gasteiger partial charge in [0.2, 0.25) is 5.88 Å². The number of benzene rings is 1. The molecule has 6 nitrogen and oxygen atoms in total. The van der Waals surface area contributed by atoms with E-state index < -0.39 is 30.0 Å². The fraction of sp³-hybridized carbons (Fsp3) is 0.375. The fourth-order valence-electron chi connectivity index (χ4n) is 3.13. The molecule has 3 rings (SSSR count). The summed E-state index contributed by atoms with van der Waals surface area (Å²) in [5.74, 6) is -2.26. The fourth-order valence-corrected chi connectivity index (χ4v) is 3.13. The Bertz CT molecular complexity index is 776. The summed E-state index contributed by atoms with van der Waals surface area (Å²) < 4.78 is 45.3. The highest BCUT2D eigenvalue weighted by Gasteiger charge is 2.55. The molecule has 132 valence electrons. The van der Waals surface area contributed by atoms with Crippen LogP contribution in [0.5, 0.6) is 0 Å². The van der Waals surface area contributed by atoms with E-state index >= 15 is 0 Å². The highest BCUT2D eigenvalue weighted by molar-refractivity contribution is 5.94. The van der Waals surface area contributed by atoms with Crippen LogP contribution in [0.15, 0.2) is 40.8 Å². The predicted molar refractivity (Wildman–Crippen MR) is 85.3 cm³/mol. The Balaban J connectivity index is 2.09. The number of nitrogens with one attached hydrogen (secondary N) is 1. The molecule has 2 aliphatic rings. The standard InChI is InChI=1S/C16H16F3N5O/c1-24(2)9-5-3-8(4-6-9)11-10(7-20)14(21)25-15-12(11)13(22-23-15)16(17,18)19/h3-6,11-12,15,23H,21H2,1-2H3/t11-,12+,15-/m1/s1. The Morgan fingerprint density at radius 3 is 2.44 bits per heavy atom. The zero-order chi connectivity index (χ0) is 18.4. The minimum absolute atomic E-state index is 0.0282. The average molecular weight is 351 g/mol. The molecule has 0 radical (unpaired) electrons. The van der Waals surface area contributed by atoms with Crippen LogP contribution < -0.4 is 16.1 Å². The summed E-state index contributed by atoms with van der Waals surface area (Å²) in [6.45, 7) is 0. The van der Waals surface area contributed by atoms with Crippen molar-refractivity contribution in [1.29, 1.82) is 5.26 Å². The van der Waals surface area contributed by atoms with Gasteiger partial charge < -0.3 is 15.4 Å². The van der Waals surface area contributed by atoms with Crippen molar-refractivity contribution in [3.05, 3.63) is 41.3 Å². The van der Waals surface area contributed by atoms with Crippen LogP contribution in [0.4, 0.5) is 18.9 Å². The summed E-state index contributed by atoms with van der Waals surface area (Å²) in [5.41, 5.74) is 8.50. The van der Waals surface area contributed by atoms with Crippen molar-refractivity contribution in [2.24, 2.45) is 16.8 Å². The van der Waals surface area contributed by atoms with E-state index in [4.69, 9.17) is 10.5 Å². The molecule has 0 amide bonds. The Kier molecular flexibility index (Phi) is 3.99. The quantitative estimate of drug-likeness (QED) is 0.851. The maximum Gasteiger partial charge on any atom is 0.431 e. The van der Waals surface area contributed by atoms with Crippen molar-refractivity contribution in [2.75, 3.05) is 19.0 Å². The van der Waals surface area contributed by atoms with Gasteiger partial charge in [-0.3, -0.25) is 5.43 Å². The molecule has 0 bridgehead atoms. The van der Waals surface area contributed by atoms with Crippen molar-refractivity contribution >= 4 is 11.4 Å². The lowest BCUT2D eigenvalue weighted by molar-refractivity contribution is -0.0661. The largest absolute Gasteiger partial charge is 0.453 e. The third-order valence-electron chi connectivity index (χ3n) is 4.32. The zero-order valence-electron chi connectivity index (χ0n) is 13.5. The first-order valence-corrected chi connectivity index (χ1v) is 7.48. The molecule has 0 aliphatic carbocycles. The lowest BCUT2D eigenvalue weighted by Gasteiger charge is -2.34. The van der Waals surface area contributed by atoms with Crippen LogP contribution in [0.2, 0.25) is 0 Å². The number of allylic oxidation sites excluding steroid dienone is 1. The van der Waals surface area contributed by atoms with Gasteiger partial charge in [0.05, 0.1) is 11.5 Å². The van der Waals surface area contributed by atoms with E-state index in [1.165, 1.54) is 0 Å². The Hall–Kier alpha value is -2.89. The minimum Gasteiger partial charge on any atom is -0.453 e. The molecule has 3 N–H and O–H groups in total. The molecule has 25 heavy (non-hydrogen) atoms. The van der Waals surface area contributed by atoms with E-state index in [0.717, 1.165) is 5.69 Å². The number of anilines is 1. The number of hydrazone groups is 1. The highest BCUT2D eigenvalue weighted by Crippen LogP contribution is 2.45. The maximum absolute atomic E-state index is 13.4. The number of rotatable bonds is 2. The van der Waals surface area contributed by atoms with Crippen LogP contribution >= 0.6 is 0 Å². The van der Waals surface area contributed by atoms with Gasteiger partial charge in [-0.1, -0.05) is 12.1 Å². The van der Waals surface area contributed by atoms with Crippen molar-refractivity contribution in [2.45, 2.75) is 18.3 Å². The summed E-state index contributed by atoms with van der Waals surface area (Å²) in [6.07, 6.45) is -5.70. The minimum atomic E-state index is -4.63. The summed E-state index contributed by atoms with van der Waals surface area (Å²) in [7, 11) is 3.71. The van der Waals surface area contributed by atoms with Gasteiger partial charge in [-0.05, 0) is 17.7 Å². The molecule has 0 aromatic heterocycles. The number of alkyl halides is 3. The molecule has 0 saturated heterocycles. The summed E-state index contributed by atoms with van der Waals surface area (Å²) in [4.78, 5) is 1.87. The lowest BCUT2D eigenvalue weighted by atomic mass is 9.76. The molecule has 3 atom stereocenters. The molecule has 0 fully saturated rings. The van der Waals surface area contributed by atoms with Crippen molar-refractivity contribution in [1.82, 2.24) is 5.43 Å². The van der Waals surface area contributed by atoms with Gasteiger partial charge >= 0.3 is 6.18 Å². The highest BCUT2D eigenvalue weighted by atomic mass is 19.4. The van der Waals surface area contributed by atoms with Gasteiger partial charge in [-0.25, -0.2) is 0 Å². The number of nitriles is 1. The second-order valence-electron chi connectivity index (χ2n) is 6.04. The molecular formula is C16H16F3N5O. The van der Waals surface area contributed by atoms with E-state index in [-0.39, 0.29) is 11.5 Å². The first-order valence-electron chi connectivity index (χ1n) is 7.48. The second-order valence-corrected chi connectivity index (χ2v) is 6.04. The molecular weight excluding hydrogens is 335 g/mol. The summed E-state index contributed by atoms with van der Waals surface area (Å²) in [6, 6.07) is 8.83. The van der Waals surface area contributed by atoms with E-state index in [1.54, 1.807) is 24.3 Å². The van der Waals surface area contributed by atoms with Gasteiger partial charge in [-0.15, -0.1) is 0 Å². The lowest BCUT2D eigenvalue weighted by Crippen LogP contribution is -2.45. The van der Waals surface area contributed by atoms with Gasteiger partial charge in [0, 0.05) is 25.7 Å². The van der Waals surface area contributed by atoms with E-state index in [0.29, 0.717) is 5.56 Å². The van der Waals surface area contributed by atoms with Gasteiger partial charge in [0.1, 0.15) is 6.07 Å². The first kappa shape index (κ1) is 17.0. The first-order chi connectivity index (χ1) is 11.7. The van der Waals surface area contributed by atoms with E-state index in [1.807, 2.05) is 25.1 Å². The smallest absolute Gasteiger partial charge is 0.431 e. The van der Waals surface area contributed by atoms with Crippen LogP contribution in [0.1, 0.15) is 11.5 Å². The number of halogens is 3. The Labute approximate surface area is 142 Å². The van der Waals surface area contributed by atoms with E-state index in [2.05, 4.69) is 10.5 Å². The van der Waals surface area contributed by atoms with Gasteiger partial charge in [0.15, 0.2) is 11.9 Å². The number of hydrogen-bond acceptors (Lipinski definition) is 6. The SMILES string of the molecule is CN(C)c1ccc([C@@H]2C(C#N)=C(N)O[C@H]3NN=C(C(F)(F)F)[C@@H]32)cc1. The zero-order valence-corrected chi connectivity index (χ0v) is 13.5. The maximum atomic E-state index is 13.4. The van der Waals surface area contributed by atoms with Crippen LogP contribution in [0.25, 0.3) is 0 Å². The number of fused-ring (bicyclic) bond motifs is 1. The molecule has 2 heterocycles. The molecule has 0 spiro atoms. The third kappa shape index (κ3) is 2.84. The van der Waals surface area contributed by atoms with E-state index in [9.17, 15) is 18.4 Å². The summed E-state index contributed by atoms with van der Waals surface area (Å²) in [5, 5.41) is 12.8. The predicted octanol–water partition coefficient (Wildman–Crippen LogP) is 2.02. The van der Waals surface area contributed by atoms with Crippen molar-refractivity contribution in [3.63, 3.8) is 0 Å². The number of nitrogens with zero attached hydrogens (tertiary/aromatic N) is 3. The number of hydrogen-bond donors (Lipinski definition) is 2. The summed E-state index contributed by atoms with van der Waals surface area (Å²) >= 11 is 0. The molecule has 2 aliphatic heterocycles. The Morgan fingerprint density at radius 2 is 1.92 bits per heavy atom.